The summed E-state index contributed by atoms with van der Waals surface area (Å²) < 4.78 is 48.4. The van der Waals surface area contributed by atoms with Crippen molar-refractivity contribution in [3.8, 4) is 17.2 Å². The molecule has 1 saturated heterocycles. The van der Waals surface area contributed by atoms with Crippen LogP contribution >= 0.6 is 0 Å². The summed E-state index contributed by atoms with van der Waals surface area (Å²) in [5.41, 5.74) is 1.49. The maximum atomic E-state index is 12.8. The summed E-state index contributed by atoms with van der Waals surface area (Å²) in [6, 6.07) is 9.80. The van der Waals surface area contributed by atoms with Gasteiger partial charge in [-0.2, -0.15) is 4.31 Å². The molecular weight excluding hydrogens is 448 g/mol. The molecule has 1 unspecified atom stereocenters. The number of benzene rings is 2. The lowest BCUT2D eigenvalue weighted by atomic mass is 10.1. The number of aryl methyl sites for hydroxylation is 1. The van der Waals surface area contributed by atoms with Gasteiger partial charge < -0.3 is 24.3 Å². The molecule has 1 fully saturated rings. The summed E-state index contributed by atoms with van der Waals surface area (Å²) in [6.07, 6.45) is 0. The highest BCUT2D eigenvalue weighted by molar-refractivity contribution is 7.89. The molecular formula is C23H30N2O7S. The van der Waals surface area contributed by atoms with Crippen LogP contribution < -0.4 is 19.5 Å². The van der Waals surface area contributed by atoms with E-state index in [4.69, 9.17) is 18.9 Å². The number of hydrogen-bond donors (Lipinski definition) is 1. The third-order valence-corrected chi connectivity index (χ3v) is 7.29. The second-order valence-electron chi connectivity index (χ2n) is 7.64. The third-order valence-electron chi connectivity index (χ3n) is 5.40. The number of methoxy groups -OCH3 is 2. The van der Waals surface area contributed by atoms with Crippen LogP contribution in [0.1, 0.15) is 24.1 Å². The number of carbonyl (C=O) groups is 1. The number of amides is 1. The highest BCUT2D eigenvalue weighted by atomic mass is 32.2. The van der Waals surface area contributed by atoms with E-state index >= 15 is 0 Å². The summed E-state index contributed by atoms with van der Waals surface area (Å²) in [6.45, 7) is 4.84. The van der Waals surface area contributed by atoms with Crippen LogP contribution in [0, 0.1) is 6.92 Å². The van der Waals surface area contributed by atoms with Gasteiger partial charge in [0.2, 0.25) is 10.0 Å². The van der Waals surface area contributed by atoms with Gasteiger partial charge in [-0.25, -0.2) is 8.42 Å². The van der Waals surface area contributed by atoms with E-state index < -0.39 is 10.0 Å². The van der Waals surface area contributed by atoms with Crippen LogP contribution in [0.4, 0.5) is 0 Å². The van der Waals surface area contributed by atoms with E-state index in [-0.39, 0.29) is 23.5 Å². The zero-order valence-electron chi connectivity index (χ0n) is 19.3. The first-order valence-electron chi connectivity index (χ1n) is 10.6. The van der Waals surface area contributed by atoms with E-state index in [1.54, 1.807) is 39.3 Å². The van der Waals surface area contributed by atoms with E-state index in [0.717, 1.165) is 5.56 Å². The average molecular weight is 479 g/mol. The fraction of sp³-hybridized carbons (Fsp3) is 0.435. The van der Waals surface area contributed by atoms with Gasteiger partial charge in [0.05, 0.1) is 38.4 Å². The fourth-order valence-corrected chi connectivity index (χ4v) is 5.01. The largest absolute Gasteiger partial charge is 0.493 e. The Balaban J connectivity index is 1.60. The third kappa shape index (κ3) is 5.95. The van der Waals surface area contributed by atoms with Gasteiger partial charge >= 0.3 is 0 Å². The summed E-state index contributed by atoms with van der Waals surface area (Å²) >= 11 is 0. The molecule has 1 heterocycles. The molecule has 1 N–H and O–H groups in total. The van der Waals surface area contributed by atoms with E-state index in [1.165, 1.54) is 10.4 Å². The molecule has 1 aliphatic heterocycles. The number of nitrogens with zero attached hydrogens (tertiary/aromatic N) is 1. The monoisotopic (exact) mass is 478 g/mol. The minimum Gasteiger partial charge on any atom is -0.493 e. The van der Waals surface area contributed by atoms with Crippen LogP contribution in [-0.2, 0) is 19.6 Å². The standard InChI is InChI=1S/C23H30N2O7S/c1-16-13-19(33(27,28)25-9-11-31-12-10-25)6-8-20(16)32-15-23(26)24-17(2)18-5-7-21(29-3)22(14-18)30-4/h5-8,13-14,17H,9-12,15H2,1-4H3,(H,24,26). The van der Waals surface area contributed by atoms with Crippen LogP contribution in [0.3, 0.4) is 0 Å². The molecule has 0 radical (unpaired) electrons. The summed E-state index contributed by atoms with van der Waals surface area (Å²) in [5, 5.41) is 2.88. The van der Waals surface area contributed by atoms with Crippen molar-refractivity contribution in [3.63, 3.8) is 0 Å². The van der Waals surface area contributed by atoms with Crippen molar-refractivity contribution >= 4 is 15.9 Å². The average Bonchev–Trinajstić information content (AvgIpc) is 2.83. The Kier molecular flexibility index (Phi) is 8.17. The van der Waals surface area contributed by atoms with Crippen molar-refractivity contribution in [3.05, 3.63) is 47.5 Å². The summed E-state index contributed by atoms with van der Waals surface area (Å²) in [7, 11) is -0.474. The van der Waals surface area contributed by atoms with Gasteiger partial charge in [0, 0.05) is 13.1 Å². The molecule has 9 nitrogen and oxygen atoms in total. The molecule has 0 aromatic heterocycles. The number of carbonyl (C=O) groups excluding carboxylic acids is 1. The minimum atomic E-state index is -3.59. The van der Waals surface area contributed by atoms with Crippen LogP contribution in [0.2, 0.25) is 0 Å². The van der Waals surface area contributed by atoms with E-state index in [0.29, 0.717) is 49.1 Å². The van der Waals surface area contributed by atoms with Crippen molar-refractivity contribution in [2.45, 2.75) is 24.8 Å². The highest BCUT2D eigenvalue weighted by Gasteiger charge is 2.26. The van der Waals surface area contributed by atoms with Crippen molar-refractivity contribution in [1.29, 1.82) is 0 Å². The van der Waals surface area contributed by atoms with Crippen LogP contribution in [-0.4, -0.2) is 65.8 Å². The van der Waals surface area contributed by atoms with Crippen molar-refractivity contribution in [2.24, 2.45) is 0 Å². The zero-order valence-corrected chi connectivity index (χ0v) is 20.1. The predicted molar refractivity (Wildman–Crippen MR) is 122 cm³/mol. The van der Waals surface area contributed by atoms with Crippen LogP contribution in [0.15, 0.2) is 41.3 Å². The lowest BCUT2D eigenvalue weighted by molar-refractivity contribution is -0.123. The lowest BCUT2D eigenvalue weighted by Crippen LogP contribution is -2.40. The first kappa shape index (κ1) is 24.8. The lowest BCUT2D eigenvalue weighted by Gasteiger charge is -2.26. The topological polar surface area (TPSA) is 103 Å². The molecule has 180 valence electrons. The number of nitrogens with one attached hydrogen (secondary N) is 1. The predicted octanol–water partition coefficient (Wildman–Crippen LogP) is 2.29. The van der Waals surface area contributed by atoms with Gasteiger partial charge in [-0.3, -0.25) is 4.79 Å². The Morgan fingerprint density at radius 1 is 1.06 bits per heavy atom. The van der Waals surface area contributed by atoms with Gasteiger partial charge in [0.25, 0.3) is 5.91 Å². The Morgan fingerprint density at radius 2 is 1.73 bits per heavy atom. The molecule has 0 spiro atoms. The second kappa shape index (κ2) is 10.9. The molecule has 1 atom stereocenters. The van der Waals surface area contributed by atoms with Gasteiger partial charge in [-0.1, -0.05) is 6.07 Å². The Morgan fingerprint density at radius 3 is 2.36 bits per heavy atom. The Bertz CT molecular complexity index is 1080. The van der Waals surface area contributed by atoms with Gasteiger partial charge in [-0.15, -0.1) is 0 Å². The molecule has 2 aromatic rings. The quantitative estimate of drug-likeness (QED) is 0.590. The maximum absolute atomic E-state index is 12.8. The Hall–Kier alpha value is -2.82. The zero-order chi connectivity index (χ0) is 24.0. The number of morpholine rings is 1. The molecule has 0 bridgehead atoms. The number of sulfonamides is 1. The molecule has 0 aliphatic carbocycles. The van der Waals surface area contributed by atoms with Crippen molar-refractivity contribution < 1.29 is 32.2 Å². The van der Waals surface area contributed by atoms with Gasteiger partial charge in [-0.05, 0) is 55.3 Å². The Labute approximate surface area is 194 Å². The minimum absolute atomic E-state index is 0.195. The summed E-state index contributed by atoms with van der Waals surface area (Å²) in [5.74, 6) is 1.33. The number of rotatable bonds is 9. The first-order chi connectivity index (χ1) is 15.8. The van der Waals surface area contributed by atoms with Crippen LogP contribution in [0.25, 0.3) is 0 Å². The first-order valence-corrected chi connectivity index (χ1v) is 12.0. The van der Waals surface area contributed by atoms with E-state index in [1.807, 2.05) is 19.1 Å². The molecule has 1 aliphatic rings. The van der Waals surface area contributed by atoms with Gasteiger partial charge in [0.15, 0.2) is 18.1 Å². The maximum Gasteiger partial charge on any atom is 0.258 e. The highest BCUT2D eigenvalue weighted by Crippen LogP contribution is 2.30. The summed E-state index contributed by atoms with van der Waals surface area (Å²) in [4.78, 5) is 12.6. The SMILES string of the molecule is COc1ccc(C(C)NC(=O)COc2ccc(S(=O)(=O)N3CCOCC3)cc2C)cc1OC. The molecule has 10 heteroatoms. The molecule has 33 heavy (non-hydrogen) atoms. The van der Waals surface area contributed by atoms with E-state index in [2.05, 4.69) is 5.32 Å². The molecule has 1 amide bonds. The van der Waals surface area contributed by atoms with E-state index in [9.17, 15) is 13.2 Å². The van der Waals surface area contributed by atoms with Crippen LogP contribution in [0.5, 0.6) is 17.2 Å². The molecule has 3 rings (SSSR count). The van der Waals surface area contributed by atoms with Gasteiger partial charge in [0.1, 0.15) is 5.75 Å². The second-order valence-corrected chi connectivity index (χ2v) is 9.57. The number of ether oxygens (including phenoxy) is 4. The fourth-order valence-electron chi connectivity index (χ4n) is 3.51. The normalized spacial score (nSPS) is 15.5. The number of hydrogen-bond acceptors (Lipinski definition) is 7. The van der Waals surface area contributed by atoms with Crippen molar-refractivity contribution in [2.75, 3.05) is 47.1 Å². The van der Waals surface area contributed by atoms with Crippen molar-refractivity contribution in [1.82, 2.24) is 9.62 Å². The molecule has 2 aromatic carbocycles. The molecule has 0 saturated carbocycles. The smallest absolute Gasteiger partial charge is 0.258 e.